The Balaban J connectivity index is -0.000000562. The second-order valence-electron chi connectivity index (χ2n) is 3.36. The van der Waals surface area contributed by atoms with Gasteiger partial charge in [-0.25, -0.2) is 0 Å². The molecule has 0 atom stereocenters. The van der Waals surface area contributed by atoms with Crippen LogP contribution in [0.4, 0.5) is 0 Å². The summed E-state index contributed by atoms with van der Waals surface area (Å²) in [6.07, 6.45) is 0. The van der Waals surface area contributed by atoms with Gasteiger partial charge in [0.05, 0.1) is 25.2 Å². The number of hydrogen-bond acceptors (Lipinski definition) is 0. The molecule has 0 fully saturated rings. The fourth-order valence-corrected chi connectivity index (χ4v) is 3.26. The third kappa shape index (κ3) is 5.98. The van der Waals surface area contributed by atoms with E-state index in [1.165, 1.54) is 10.6 Å². The summed E-state index contributed by atoms with van der Waals surface area (Å²) in [5.41, 5.74) is 0. The van der Waals surface area contributed by atoms with Gasteiger partial charge in [-0.2, -0.15) is 0 Å². The SMILES string of the molecule is C[PH+](c1ccccc1)c1ccccc1.[Au+3].[CH3-].[CH3-].[CH3-]. The molecular weight excluding hydrogens is 420 g/mol. The molecule has 2 aromatic carbocycles. The third-order valence-corrected chi connectivity index (χ3v) is 4.81. The van der Waals surface area contributed by atoms with Crippen LogP contribution in [0.2, 0.25) is 0 Å². The van der Waals surface area contributed by atoms with Gasteiger partial charge in [-0.05, 0) is 24.3 Å². The summed E-state index contributed by atoms with van der Waals surface area (Å²) in [6, 6.07) is 21.5. The van der Waals surface area contributed by atoms with E-state index in [4.69, 9.17) is 0 Å². The number of rotatable bonds is 2. The molecule has 18 heavy (non-hydrogen) atoms. The monoisotopic (exact) mass is 443 g/mol. The maximum atomic E-state index is 2.34. The smallest absolute Gasteiger partial charge is 0.358 e. The summed E-state index contributed by atoms with van der Waals surface area (Å²) in [5, 5.41) is 2.95. The first-order chi connectivity index (χ1) is 6.88. The molecule has 0 nitrogen and oxygen atoms in total. The summed E-state index contributed by atoms with van der Waals surface area (Å²) >= 11 is 0. The van der Waals surface area contributed by atoms with Crippen molar-refractivity contribution in [2.24, 2.45) is 0 Å². The van der Waals surface area contributed by atoms with E-state index < -0.39 is 7.92 Å². The van der Waals surface area contributed by atoms with E-state index in [1.807, 2.05) is 0 Å². The first kappa shape index (κ1) is 22.8. The molecule has 0 aliphatic rings. The van der Waals surface area contributed by atoms with Crippen LogP contribution in [-0.2, 0) is 22.4 Å². The van der Waals surface area contributed by atoms with Gasteiger partial charge < -0.3 is 22.3 Å². The normalized spacial score (nSPS) is 8.11. The average molecular weight is 443 g/mol. The Morgan fingerprint density at radius 2 is 0.889 bits per heavy atom. The van der Waals surface area contributed by atoms with Crippen LogP contribution in [-0.4, -0.2) is 6.66 Å². The topological polar surface area (TPSA) is 0 Å². The molecule has 0 spiro atoms. The zero-order valence-corrected chi connectivity index (χ0v) is 14.7. The van der Waals surface area contributed by atoms with Crippen LogP contribution in [0.15, 0.2) is 60.7 Å². The van der Waals surface area contributed by atoms with Crippen molar-refractivity contribution in [3.63, 3.8) is 0 Å². The van der Waals surface area contributed by atoms with Gasteiger partial charge in [0.15, 0.2) is 0 Å². The van der Waals surface area contributed by atoms with Crippen molar-refractivity contribution in [1.82, 2.24) is 0 Å². The summed E-state index contributed by atoms with van der Waals surface area (Å²) in [5.74, 6) is 0. The summed E-state index contributed by atoms with van der Waals surface area (Å²) in [7, 11) is -0.545. The van der Waals surface area contributed by atoms with E-state index in [0.717, 1.165) is 0 Å². The van der Waals surface area contributed by atoms with Crippen LogP contribution in [0.25, 0.3) is 0 Å². The minimum Gasteiger partial charge on any atom is -0.358 e. The van der Waals surface area contributed by atoms with E-state index in [0.29, 0.717) is 0 Å². The van der Waals surface area contributed by atoms with Crippen molar-refractivity contribution < 1.29 is 22.4 Å². The molecule has 0 amide bonds. The quantitative estimate of drug-likeness (QED) is 0.376. The van der Waals surface area contributed by atoms with Gasteiger partial charge in [-0.3, -0.25) is 0 Å². The number of benzene rings is 2. The average Bonchev–Trinajstić information content (AvgIpc) is 2.30. The Morgan fingerprint density at radius 1 is 0.611 bits per heavy atom. The number of hydrogen-bond donors (Lipinski definition) is 0. The van der Waals surface area contributed by atoms with Gasteiger partial charge in [-0.15, -0.1) is 0 Å². The molecule has 0 saturated carbocycles. The molecule has 0 N–H and O–H groups in total. The van der Waals surface area contributed by atoms with E-state index in [-0.39, 0.29) is 44.7 Å². The maximum Gasteiger partial charge on any atom is 3.00 e. The van der Waals surface area contributed by atoms with Gasteiger partial charge in [0.25, 0.3) is 0 Å². The first-order valence-corrected chi connectivity index (χ1v) is 6.82. The van der Waals surface area contributed by atoms with Crippen molar-refractivity contribution in [2.45, 2.75) is 0 Å². The standard InChI is InChI=1S/C13H13P.3CH3.Au/c1-14(12-8-4-2-5-9-12)13-10-6-3-7-11-13;;;;/h2-11H,1H3;3*1H3;/q;3*-1;+3/p+1. The molecule has 0 radical (unpaired) electrons. The Kier molecular flexibility index (Phi) is 14.8. The minimum absolute atomic E-state index is 0. The van der Waals surface area contributed by atoms with Crippen LogP contribution in [0.1, 0.15) is 0 Å². The first-order valence-electron chi connectivity index (χ1n) is 4.82. The summed E-state index contributed by atoms with van der Waals surface area (Å²) in [6.45, 7) is 2.34. The predicted molar refractivity (Wildman–Crippen MR) is 85.6 cm³/mol. The van der Waals surface area contributed by atoms with Crippen molar-refractivity contribution in [1.29, 1.82) is 0 Å². The maximum absolute atomic E-state index is 2.34. The molecule has 0 aliphatic heterocycles. The van der Waals surface area contributed by atoms with Crippen molar-refractivity contribution in [3.8, 4) is 0 Å². The summed E-state index contributed by atoms with van der Waals surface area (Å²) < 4.78 is 0. The van der Waals surface area contributed by atoms with E-state index in [9.17, 15) is 0 Å². The Labute approximate surface area is 130 Å². The van der Waals surface area contributed by atoms with Gasteiger partial charge in [-0.1, -0.05) is 36.4 Å². The van der Waals surface area contributed by atoms with Crippen LogP contribution in [0.3, 0.4) is 0 Å². The van der Waals surface area contributed by atoms with Crippen LogP contribution in [0, 0.1) is 22.3 Å². The zero-order chi connectivity index (χ0) is 9.80. The van der Waals surface area contributed by atoms with E-state index in [1.54, 1.807) is 0 Å². The fourth-order valence-electron chi connectivity index (χ4n) is 1.54. The Bertz CT molecular complexity index is 347. The van der Waals surface area contributed by atoms with Crippen molar-refractivity contribution in [3.05, 3.63) is 82.9 Å². The molecule has 2 rings (SSSR count). The van der Waals surface area contributed by atoms with E-state index >= 15 is 0 Å². The molecule has 0 unspecified atom stereocenters. The van der Waals surface area contributed by atoms with Crippen LogP contribution < -0.4 is 10.6 Å². The third-order valence-electron chi connectivity index (χ3n) is 2.41. The molecule has 0 aromatic heterocycles. The molecule has 0 aliphatic carbocycles. The predicted octanol–water partition coefficient (Wildman–Crippen LogP) is 3.83. The largest absolute Gasteiger partial charge is 3.00 e. The molecule has 0 bridgehead atoms. The Morgan fingerprint density at radius 3 is 1.17 bits per heavy atom. The summed E-state index contributed by atoms with van der Waals surface area (Å²) in [4.78, 5) is 0. The van der Waals surface area contributed by atoms with Crippen LogP contribution in [0.5, 0.6) is 0 Å². The van der Waals surface area contributed by atoms with Crippen molar-refractivity contribution in [2.75, 3.05) is 6.66 Å². The Hall–Kier alpha value is -0.390. The van der Waals surface area contributed by atoms with Crippen LogP contribution >= 0.6 is 7.92 Å². The van der Waals surface area contributed by atoms with Gasteiger partial charge in [0.2, 0.25) is 0 Å². The second kappa shape index (κ2) is 11.7. The fraction of sp³-hybridized carbons (Fsp3) is 0.0625. The van der Waals surface area contributed by atoms with Gasteiger partial charge in [0, 0.05) is 0 Å². The molecule has 2 aromatic rings. The minimum atomic E-state index is -0.545. The molecule has 102 valence electrons. The van der Waals surface area contributed by atoms with Gasteiger partial charge >= 0.3 is 22.4 Å². The van der Waals surface area contributed by atoms with Crippen molar-refractivity contribution >= 4 is 18.5 Å². The molecular formula is C16H23AuP+. The molecule has 0 heterocycles. The van der Waals surface area contributed by atoms with E-state index in [2.05, 4.69) is 67.3 Å². The molecule has 0 saturated heterocycles. The van der Waals surface area contributed by atoms with Gasteiger partial charge in [0.1, 0.15) is 0 Å². The molecule has 2 heteroatoms. The zero-order valence-electron chi connectivity index (χ0n) is 11.6. The second-order valence-corrected chi connectivity index (χ2v) is 5.76.